The normalized spacial score (nSPS) is 19.8. The minimum Gasteiger partial charge on any atom is -0.378 e. The third-order valence-electron chi connectivity index (χ3n) is 3.82. The Hall–Kier alpha value is -1.43. The van der Waals surface area contributed by atoms with Crippen molar-refractivity contribution in [2.45, 2.75) is 32.4 Å². The van der Waals surface area contributed by atoms with E-state index >= 15 is 0 Å². The maximum absolute atomic E-state index is 11.5. The smallest absolute Gasteiger partial charge is 0.238 e. The molecule has 1 heterocycles. The SMILES string of the molecule is CCC1COCCN1Cc1ccccc1CC(=O)NN. The molecule has 20 heavy (non-hydrogen) atoms. The number of rotatable bonds is 5. The van der Waals surface area contributed by atoms with Crippen molar-refractivity contribution in [3.05, 3.63) is 35.4 Å². The van der Waals surface area contributed by atoms with Gasteiger partial charge in [0, 0.05) is 19.1 Å². The second-order valence-corrected chi connectivity index (χ2v) is 5.12. The molecule has 0 aromatic heterocycles. The number of hydrogen-bond acceptors (Lipinski definition) is 4. The van der Waals surface area contributed by atoms with E-state index in [0.717, 1.165) is 38.3 Å². The summed E-state index contributed by atoms with van der Waals surface area (Å²) in [5.41, 5.74) is 4.42. The van der Waals surface area contributed by atoms with Crippen molar-refractivity contribution in [2.24, 2.45) is 5.84 Å². The molecule has 1 unspecified atom stereocenters. The van der Waals surface area contributed by atoms with E-state index < -0.39 is 0 Å². The number of nitrogens with two attached hydrogens (primary N) is 1. The predicted octanol–water partition coefficient (Wildman–Crippen LogP) is 0.830. The van der Waals surface area contributed by atoms with Crippen LogP contribution in [0.1, 0.15) is 24.5 Å². The van der Waals surface area contributed by atoms with Gasteiger partial charge < -0.3 is 4.74 Å². The Morgan fingerprint density at radius 1 is 1.45 bits per heavy atom. The molecule has 110 valence electrons. The fraction of sp³-hybridized carbons (Fsp3) is 0.533. The van der Waals surface area contributed by atoms with E-state index in [2.05, 4.69) is 23.3 Å². The molecule has 1 aliphatic rings. The van der Waals surface area contributed by atoms with Gasteiger partial charge in [0.15, 0.2) is 0 Å². The highest BCUT2D eigenvalue weighted by molar-refractivity contribution is 5.78. The molecule has 0 radical (unpaired) electrons. The summed E-state index contributed by atoms with van der Waals surface area (Å²) in [7, 11) is 0. The first-order chi connectivity index (χ1) is 9.74. The van der Waals surface area contributed by atoms with Crippen molar-refractivity contribution in [3.63, 3.8) is 0 Å². The molecule has 3 N–H and O–H groups in total. The molecule has 1 saturated heterocycles. The summed E-state index contributed by atoms with van der Waals surface area (Å²) in [6.07, 6.45) is 1.40. The number of benzene rings is 1. The van der Waals surface area contributed by atoms with Crippen molar-refractivity contribution in [1.82, 2.24) is 10.3 Å². The lowest BCUT2D eigenvalue weighted by molar-refractivity contribution is -0.120. The van der Waals surface area contributed by atoms with Crippen molar-refractivity contribution in [2.75, 3.05) is 19.8 Å². The first-order valence-electron chi connectivity index (χ1n) is 7.12. The standard InChI is InChI=1S/C15H23N3O2/c1-2-14-11-20-8-7-18(14)10-13-6-4-3-5-12(13)9-15(19)17-16/h3-6,14H,2,7-11,16H2,1H3,(H,17,19). The van der Waals surface area contributed by atoms with E-state index in [0.29, 0.717) is 12.5 Å². The first kappa shape index (κ1) is 15.0. The zero-order valence-corrected chi connectivity index (χ0v) is 12.0. The molecule has 1 aromatic carbocycles. The molecule has 1 aliphatic heterocycles. The fourth-order valence-electron chi connectivity index (χ4n) is 2.60. The Labute approximate surface area is 120 Å². The van der Waals surface area contributed by atoms with Gasteiger partial charge in [0.1, 0.15) is 0 Å². The number of hydrazine groups is 1. The van der Waals surface area contributed by atoms with Gasteiger partial charge >= 0.3 is 0 Å². The Balaban J connectivity index is 2.09. The molecule has 0 saturated carbocycles. The summed E-state index contributed by atoms with van der Waals surface area (Å²) in [6.45, 7) is 5.55. The van der Waals surface area contributed by atoms with Crippen molar-refractivity contribution in [3.8, 4) is 0 Å². The van der Waals surface area contributed by atoms with Crippen LogP contribution >= 0.6 is 0 Å². The number of morpholine rings is 1. The van der Waals surface area contributed by atoms with Crippen molar-refractivity contribution in [1.29, 1.82) is 0 Å². The van der Waals surface area contributed by atoms with Crippen molar-refractivity contribution < 1.29 is 9.53 Å². The van der Waals surface area contributed by atoms with Crippen LogP contribution in [0, 0.1) is 0 Å². The highest BCUT2D eigenvalue weighted by Crippen LogP contribution is 2.17. The molecule has 2 rings (SSSR count). The number of carbonyl (C=O) groups is 1. The highest BCUT2D eigenvalue weighted by Gasteiger charge is 2.22. The van der Waals surface area contributed by atoms with Gasteiger partial charge in [-0.2, -0.15) is 0 Å². The monoisotopic (exact) mass is 277 g/mol. The molecule has 1 atom stereocenters. The topological polar surface area (TPSA) is 67.6 Å². The number of carbonyl (C=O) groups excluding carboxylic acids is 1. The molecule has 1 amide bonds. The van der Waals surface area contributed by atoms with Gasteiger partial charge in [0.05, 0.1) is 19.6 Å². The van der Waals surface area contributed by atoms with Crippen LogP contribution in [0.2, 0.25) is 0 Å². The molecule has 5 heteroatoms. The van der Waals surface area contributed by atoms with Gasteiger partial charge in [0.25, 0.3) is 0 Å². The Morgan fingerprint density at radius 2 is 2.20 bits per heavy atom. The van der Waals surface area contributed by atoms with Gasteiger partial charge in [-0.15, -0.1) is 0 Å². The maximum Gasteiger partial charge on any atom is 0.238 e. The number of amides is 1. The quantitative estimate of drug-likeness (QED) is 0.475. The average Bonchev–Trinajstić information content (AvgIpc) is 2.49. The second-order valence-electron chi connectivity index (χ2n) is 5.12. The van der Waals surface area contributed by atoms with Gasteiger partial charge in [-0.25, -0.2) is 5.84 Å². The molecule has 0 bridgehead atoms. The summed E-state index contributed by atoms with van der Waals surface area (Å²) < 4.78 is 5.53. The molecule has 0 aliphatic carbocycles. The lowest BCUT2D eigenvalue weighted by Crippen LogP contribution is -2.44. The van der Waals surface area contributed by atoms with Gasteiger partial charge in [-0.1, -0.05) is 31.2 Å². The lowest BCUT2D eigenvalue weighted by atomic mass is 10.0. The van der Waals surface area contributed by atoms with Crippen LogP contribution in [0.5, 0.6) is 0 Å². The van der Waals surface area contributed by atoms with E-state index in [9.17, 15) is 4.79 Å². The van der Waals surface area contributed by atoms with Crippen LogP contribution in [-0.2, 0) is 22.5 Å². The number of nitrogens with one attached hydrogen (secondary N) is 1. The zero-order chi connectivity index (χ0) is 14.4. The van der Waals surface area contributed by atoms with E-state index in [-0.39, 0.29) is 5.91 Å². The Bertz CT molecular complexity index is 450. The van der Waals surface area contributed by atoms with E-state index in [4.69, 9.17) is 10.6 Å². The minimum atomic E-state index is -0.161. The largest absolute Gasteiger partial charge is 0.378 e. The zero-order valence-electron chi connectivity index (χ0n) is 12.0. The van der Waals surface area contributed by atoms with E-state index in [1.807, 2.05) is 18.2 Å². The molecule has 5 nitrogen and oxygen atoms in total. The molecule has 1 fully saturated rings. The maximum atomic E-state index is 11.5. The number of hydrogen-bond donors (Lipinski definition) is 2. The summed E-state index contributed by atoms with van der Waals surface area (Å²) in [6, 6.07) is 8.51. The van der Waals surface area contributed by atoms with Crippen LogP contribution < -0.4 is 11.3 Å². The summed E-state index contributed by atoms with van der Waals surface area (Å²) in [5.74, 6) is 5.01. The molecule has 0 spiro atoms. The third-order valence-corrected chi connectivity index (χ3v) is 3.82. The fourth-order valence-corrected chi connectivity index (χ4v) is 2.60. The minimum absolute atomic E-state index is 0.161. The molecular formula is C15H23N3O2. The third kappa shape index (κ3) is 3.79. The molecular weight excluding hydrogens is 254 g/mol. The van der Waals surface area contributed by atoms with Crippen LogP contribution in [0.3, 0.4) is 0 Å². The second kappa shape index (κ2) is 7.38. The summed E-state index contributed by atoms with van der Waals surface area (Å²) >= 11 is 0. The van der Waals surface area contributed by atoms with Crippen LogP contribution in [0.15, 0.2) is 24.3 Å². The van der Waals surface area contributed by atoms with Gasteiger partial charge in [0.2, 0.25) is 5.91 Å². The Morgan fingerprint density at radius 3 is 2.90 bits per heavy atom. The average molecular weight is 277 g/mol. The Kier molecular flexibility index (Phi) is 5.52. The first-order valence-corrected chi connectivity index (χ1v) is 7.12. The van der Waals surface area contributed by atoms with Crippen LogP contribution in [0.4, 0.5) is 0 Å². The van der Waals surface area contributed by atoms with Crippen molar-refractivity contribution >= 4 is 5.91 Å². The van der Waals surface area contributed by atoms with Gasteiger partial charge in [-0.3, -0.25) is 15.1 Å². The lowest BCUT2D eigenvalue weighted by Gasteiger charge is -2.35. The molecule has 1 aromatic rings. The predicted molar refractivity (Wildman–Crippen MR) is 77.8 cm³/mol. The van der Waals surface area contributed by atoms with E-state index in [1.165, 1.54) is 5.56 Å². The number of ether oxygens (including phenoxy) is 1. The number of nitrogens with zero attached hydrogens (tertiary/aromatic N) is 1. The van der Waals surface area contributed by atoms with Gasteiger partial charge in [-0.05, 0) is 17.5 Å². The summed E-state index contributed by atoms with van der Waals surface area (Å²) in [4.78, 5) is 13.9. The van der Waals surface area contributed by atoms with Crippen LogP contribution in [-0.4, -0.2) is 36.6 Å². The van der Waals surface area contributed by atoms with Crippen LogP contribution in [0.25, 0.3) is 0 Å². The van der Waals surface area contributed by atoms with E-state index in [1.54, 1.807) is 0 Å². The highest BCUT2D eigenvalue weighted by atomic mass is 16.5. The summed E-state index contributed by atoms with van der Waals surface area (Å²) in [5, 5.41) is 0.